The predicted octanol–water partition coefficient (Wildman–Crippen LogP) is 2.97. The number of nitrogens with zero attached hydrogens (tertiary/aromatic N) is 2. The van der Waals surface area contributed by atoms with E-state index in [0.29, 0.717) is 12.1 Å². The number of rotatable bonds is 10. The van der Waals surface area contributed by atoms with Crippen molar-refractivity contribution in [2.75, 3.05) is 23.7 Å². The maximum absolute atomic E-state index is 13.4. The highest BCUT2D eigenvalue weighted by molar-refractivity contribution is 9.10. The number of benzene rings is 2. The van der Waals surface area contributed by atoms with Crippen molar-refractivity contribution in [1.29, 1.82) is 0 Å². The van der Waals surface area contributed by atoms with E-state index in [1.807, 2.05) is 24.3 Å². The van der Waals surface area contributed by atoms with Gasteiger partial charge in [0.15, 0.2) is 5.78 Å². The Hall–Kier alpha value is -2.72. The third-order valence-corrected chi connectivity index (χ3v) is 6.61. The van der Waals surface area contributed by atoms with E-state index >= 15 is 0 Å². The van der Waals surface area contributed by atoms with Crippen molar-refractivity contribution in [2.24, 2.45) is 0 Å². The van der Waals surface area contributed by atoms with Crippen LogP contribution in [0.4, 0.5) is 5.69 Å². The summed E-state index contributed by atoms with van der Waals surface area (Å²) in [6.45, 7) is 4.75. The summed E-state index contributed by atoms with van der Waals surface area (Å²) in [5.74, 6) is -1.12. The average molecular weight is 538 g/mol. The summed E-state index contributed by atoms with van der Waals surface area (Å²) in [6.07, 6.45) is 0.993. The maximum atomic E-state index is 13.4. The molecule has 8 nitrogen and oxygen atoms in total. The van der Waals surface area contributed by atoms with E-state index in [0.717, 1.165) is 20.6 Å². The topological polar surface area (TPSA) is 104 Å². The van der Waals surface area contributed by atoms with Gasteiger partial charge in [0, 0.05) is 23.1 Å². The lowest BCUT2D eigenvalue weighted by Crippen LogP contribution is -2.51. The van der Waals surface area contributed by atoms with Gasteiger partial charge in [-0.1, -0.05) is 40.2 Å². The molecule has 0 saturated heterocycles. The number of Topliss-reactive ketones (excluding diaryl/α,β-unsaturated/α-hetero) is 1. The van der Waals surface area contributed by atoms with E-state index in [9.17, 15) is 22.8 Å². The molecule has 2 amide bonds. The summed E-state index contributed by atoms with van der Waals surface area (Å²) < 4.78 is 26.9. The minimum Gasteiger partial charge on any atom is -0.355 e. The maximum Gasteiger partial charge on any atom is 0.244 e. The fraction of sp³-hybridized carbons (Fsp3) is 0.348. The molecule has 2 aromatic carbocycles. The van der Waals surface area contributed by atoms with Crippen LogP contribution in [0.15, 0.2) is 53.0 Å². The number of sulfonamides is 1. The zero-order valence-electron chi connectivity index (χ0n) is 19.0. The van der Waals surface area contributed by atoms with Crippen molar-refractivity contribution in [2.45, 2.75) is 33.4 Å². The highest BCUT2D eigenvalue weighted by Gasteiger charge is 2.30. The Morgan fingerprint density at radius 3 is 2.33 bits per heavy atom. The molecule has 0 radical (unpaired) electrons. The highest BCUT2D eigenvalue weighted by Crippen LogP contribution is 2.21. The summed E-state index contributed by atoms with van der Waals surface area (Å²) in [6, 6.07) is 12.6. The molecular formula is C23H28BrN3O5S. The molecule has 0 unspecified atom stereocenters. The first kappa shape index (κ1) is 26.5. The number of carbonyl (C=O) groups excluding carboxylic acids is 3. The molecule has 1 N–H and O–H groups in total. The van der Waals surface area contributed by atoms with Gasteiger partial charge in [-0.15, -0.1) is 0 Å². The van der Waals surface area contributed by atoms with Crippen molar-refractivity contribution in [1.82, 2.24) is 10.2 Å². The number of nitrogens with one attached hydrogen (secondary N) is 1. The lowest BCUT2D eigenvalue weighted by Gasteiger charge is -2.31. The van der Waals surface area contributed by atoms with E-state index in [2.05, 4.69) is 21.2 Å². The van der Waals surface area contributed by atoms with Crippen LogP contribution in [0.2, 0.25) is 0 Å². The number of carbonyl (C=O) groups is 3. The van der Waals surface area contributed by atoms with Crippen LogP contribution in [0.1, 0.15) is 36.7 Å². The van der Waals surface area contributed by atoms with Crippen LogP contribution >= 0.6 is 15.9 Å². The summed E-state index contributed by atoms with van der Waals surface area (Å²) in [7, 11) is -3.86. The van der Waals surface area contributed by atoms with Gasteiger partial charge in [0.25, 0.3) is 0 Å². The minimum atomic E-state index is -3.86. The van der Waals surface area contributed by atoms with Gasteiger partial charge in [0.2, 0.25) is 21.8 Å². The molecule has 10 heteroatoms. The van der Waals surface area contributed by atoms with E-state index in [4.69, 9.17) is 0 Å². The van der Waals surface area contributed by atoms with Crippen molar-refractivity contribution >= 4 is 49.2 Å². The molecule has 2 aromatic rings. The number of amides is 2. The van der Waals surface area contributed by atoms with Crippen molar-refractivity contribution in [3.63, 3.8) is 0 Å². The second-order valence-corrected chi connectivity index (χ2v) is 10.4. The third kappa shape index (κ3) is 7.40. The summed E-state index contributed by atoms with van der Waals surface area (Å²) in [5.41, 5.74) is 1.31. The van der Waals surface area contributed by atoms with Gasteiger partial charge >= 0.3 is 0 Å². The number of hydrogen-bond acceptors (Lipinski definition) is 5. The molecule has 0 spiro atoms. The van der Waals surface area contributed by atoms with Crippen molar-refractivity contribution < 1.29 is 22.8 Å². The quantitative estimate of drug-likeness (QED) is 0.469. The molecule has 2 rings (SSSR count). The number of anilines is 1. The average Bonchev–Trinajstić information content (AvgIpc) is 2.74. The van der Waals surface area contributed by atoms with Crippen LogP contribution in [0, 0.1) is 0 Å². The highest BCUT2D eigenvalue weighted by atomic mass is 79.9. The fourth-order valence-electron chi connectivity index (χ4n) is 3.23. The monoisotopic (exact) mass is 537 g/mol. The fourth-order valence-corrected chi connectivity index (χ4v) is 4.52. The predicted molar refractivity (Wildman–Crippen MR) is 131 cm³/mol. The number of ketones is 1. The Balaban J connectivity index is 2.42. The van der Waals surface area contributed by atoms with Gasteiger partial charge in [-0.2, -0.15) is 0 Å². The smallest absolute Gasteiger partial charge is 0.244 e. The second-order valence-electron chi connectivity index (χ2n) is 7.60. The molecule has 0 aromatic heterocycles. The first-order valence-electron chi connectivity index (χ1n) is 10.3. The summed E-state index contributed by atoms with van der Waals surface area (Å²) in [4.78, 5) is 39.0. The van der Waals surface area contributed by atoms with Crippen molar-refractivity contribution in [3.05, 3.63) is 64.1 Å². The van der Waals surface area contributed by atoms with E-state index in [1.54, 1.807) is 26.0 Å². The van der Waals surface area contributed by atoms with Crippen LogP contribution < -0.4 is 9.62 Å². The zero-order valence-corrected chi connectivity index (χ0v) is 21.4. The molecule has 0 saturated carbocycles. The van der Waals surface area contributed by atoms with Crippen LogP contribution in [0.25, 0.3) is 0 Å². The number of likely N-dealkylation sites (N-methyl/N-ethyl adjacent to an activating group) is 1. The van der Waals surface area contributed by atoms with Crippen LogP contribution in [0.3, 0.4) is 0 Å². The standard InChI is InChI=1S/C23H28BrN3O5S/c1-5-25-23(30)16(2)26(14-18-8-6-10-20(24)12-18)22(29)15-27(33(4,31)32)21-11-7-9-19(13-21)17(3)28/h6-13,16H,5,14-15H2,1-4H3,(H,25,30)/t16-/m0/s1. The van der Waals surface area contributed by atoms with Gasteiger partial charge in [-0.3, -0.25) is 18.7 Å². The number of halogens is 1. The molecule has 0 fully saturated rings. The zero-order chi connectivity index (χ0) is 24.8. The normalized spacial score (nSPS) is 12.0. The Morgan fingerprint density at radius 2 is 1.76 bits per heavy atom. The molecule has 0 aliphatic heterocycles. The Labute approximate surface area is 203 Å². The Kier molecular flexibility index (Phi) is 9.18. The lowest BCUT2D eigenvalue weighted by atomic mass is 10.1. The Bertz CT molecular complexity index is 1140. The Morgan fingerprint density at radius 1 is 1.09 bits per heavy atom. The lowest BCUT2D eigenvalue weighted by molar-refractivity contribution is -0.139. The van der Waals surface area contributed by atoms with Gasteiger partial charge in [0.05, 0.1) is 11.9 Å². The first-order valence-corrected chi connectivity index (χ1v) is 13.0. The second kappa shape index (κ2) is 11.4. The largest absolute Gasteiger partial charge is 0.355 e. The summed E-state index contributed by atoms with van der Waals surface area (Å²) >= 11 is 3.40. The van der Waals surface area contributed by atoms with E-state index < -0.39 is 28.5 Å². The molecule has 0 heterocycles. The van der Waals surface area contributed by atoms with Crippen LogP contribution in [0.5, 0.6) is 0 Å². The van der Waals surface area contributed by atoms with Crippen LogP contribution in [-0.2, 0) is 26.2 Å². The van der Waals surface area contributed by atoms with Crippen LogP contribution in [-0.4, -0.2) is 56.3 Å². The van der Waals surface area contributed by atoms with Crippen molar-refractivity contribution in [3.8, 4) is 0 Å². The third-order valence-electron chi connectivity index (χ3n) is 4.98. The minimum absolute atomic E-state index is 0.113. The summed E-state index contributed by atoms with van der Waals surface area (Å²) in [5, 5.41) is 2.70. The molecule has 0 bridgehead atoms. The molecule has 0 aliphatic carbocycles. The van der Waals surface area contributed by atoms with E-state index in [1.165, 1.54) is 24.0 Å². The SMILES string of the molecule is CCNC(=O)[C@H](C)N(Cc1cccc(Br)c1)C(=O)CN(c1cccc(C(C)=O)c1)S(C)(=O)=O. The number of hydrogen-bond donors (Lipinski definition) is 1. The van der Waals surface area contributed by atoms with Gasteiger partial charge in [-0.05, 0) is 50.6 Å². The molecule has 1 atom stereocenters. The molecule has 0 aliphatic rings. The van der Waals surface area contributed by atoms with Gasteiger partial charge in [0.1, 0.15) is 12.6 Å². The first-order chi connectivity index (χ1) is 15.4. The molecule has 33 heavy (non-hydrogen) atoms. The molecular weight excluding hydrogens is 510 g/mol. The van der Waals surface area contributed by atoms with Gasteiger partial charge in [-0.25, -0.2) is 8.42 Å². The van der Waals surface area contributed by atoms with Gasteiger partial charge < -0.3 is 10.2 Å². The molecule has 178 valence electrons. The van der Waals surface area contributed by atoms with E-state index in [-0.39, 0.29) is 23.9 Å².